The molecule has 0 aromatic carbocycles. The number of nitrogens with zero attached hydrogens (tertiary/aromatic N) is 1. The molecular formula is C11H11NOS2. The molecule has 0 amide bonds. The number of thiazole rings is 1. The molecule has 2 aromatic heterocycles. The Balaban J connectivity index is 2.46. The van der Waals surface area contributed by atoms with Gasteiger partial charge in [-0.2, -0.15) is 0 Å². The van der Waals surface area contributed by atoms with Gasteiger partial charge in [-0.3, -0.25) is 4.79 Å². The number of Topliss-reactive ketones (excluding diaryl/α,β-unsaturated/α-hetero) is 1. The summed E-state index contributed by atoms with van der Waals surface area (Å²) in [7, 11) is 0. The van der Waals surface area contributed by atoms with Gasteiger partial charge in [-0.25, -0.2) is 4.98 Å². The van der Waals surface area contributed by atoms with E-state index in [0.717, 1.165) is 21.1 Å². The van der Waals surface area contributed by atoms with E-state index in [2.05, 4.69) is 23.4 Å². The van der Waals surface area contributed by atoms with Crippen molar-refractivity contribution in [3.05, 3.63) is 26.9 Å². The molecule has 2 heterocycles. The lowest BCUT2D eigenvalue weighted by Crippen LogP contribution is -1.89. The van der Waals surface area contributed by atoms with Crippen molar-refractivity contribution >= 4 is 28.5 Å². The summed E-state index contributed by atoms with van der Waals surface area (Å²) >= 11 is 3.18. The van der Waals surface area contributed by atoms with Crippen molar-refractivity contribution < 1.29 is 4.79 Å². The molecule has 0 aliphatic carbocycles. The van der Waals surface area contributed by atoms with E-state index < -0.39 is 0 Å². The van der Waals surface area contributed by atoms with Gasteiger partial charge in [0.15, 0.2) is 5.78 Å². The maximum absolute atomic E-state index is 11.3. The average molecular weight is 237 g/mol. The number of aryl methyl sites for hydroxylation is 2. The number of hydrogen-bond acceptors (Lipinski definition) is 4. The van der Waals surface area contributed by atoms with E-state index in [-0.39, 0.29) is 5.78 Å². The molecule has 15 heavy (non-hydrogen) atoms. The summed E-state index contributed by atoms with van der Waals surface area (Å²) in [4.78, 5) is 17.7. The molecule has 4 heteroatoms. The minimum Gasteiger partial charge on any atom is -0.294 e. The highest BCUT2D eigenvalue weighted by molar-refractivity contribution is 7.17. The molecule has 2 rings (SSSR count). The molecule has 0 aliphatic heterocycles. The monoisotopic (exact) mass is 237 g/mol. The Labute approximate surface area is 96.6 Å². The minimum atomic E-state index is 0.100. The third-order valence-electron chi connectivity index (χ3n) is 2.09. The molecule has 2 nitrogen and oxygen atoms in total. The topological polar surface area (TPSA) is 30.0 Å². The summed E-state index contributed by atoms with van der Waals surface area (Å²) in [6.07, 6.45) is 0. The Kier molecular flexibility index (Phi) is 2.71. The lowest BCUT2D eigenvalue weighted by Gasteiger charge is -1.86. The van der Waals surface area contributed by atoms with Gasteiger partial charge in [0.1, 0.15) is 5.01 Å². The fraction of sp³-hybridized carbons (Fsp3) is 0.273. The molecule has 2 aromatic rings. The van der Waals surface area contributed by atoms with Crippen molar-refractivity contribution in [1.29, 1.82) is 0 Å². The predicted molar refractivity (Wildman–Crippen MR) is 64.9 cm³/mol. The van der Waals surface area contributed by atoms with Gasteiger partial charge >= 0.3 is 0 Å². The molecule has 0 unspecified atom stereocenters. The molecule has 0 N–H and O–H groups in total. The number of carbonyl (C=O) groups is 1. The van der Waals surface area contributed by atoms with Crippen LogP contribution in [0.2, 0.25) is 0 Å². The molecule has 0 saturated heterocycles. The van der Waals surface area contributed by atoms with Crippen LogP contribution in [0.1, 0.15) is 27.2 Å². The van der Waals surface area contributed by atoms with Crippen molar-refractivity contribution in [2.45, 2.75) is 20.8 Å². The van der Waals surface area contributed by atoms with Gasteiger partial charge in [-0.15, -0.1) is 22.7 Å². The van der Waals surface area contributed by atoms with Crippen molar-refractivity contribution in [2.24, 2.45) is 0 Å². The van der Waals surface area contributed by atoms with E-state index >= 15 is 0 Å². The molecule has 0 atom stereocenters. The third-order valence-corrected chi connectivity index (χ3v) is 4.26. The van der Waals surface area contributed by atoms with E-state index in [1.807, 2.05) is 6.92 Å². The van der Waals surface area contributed by atoms with Crippen LogP contribution in [-0.2, 0) is 0 Å². The van der Waals surface area contributed by atoms with E-state index in [0.29, 0.717) is 0 Å². The standard InChI is InChI=1S/C11H11NOS2/c1-6-4-9(5-14-6)11-12-7(2)10(15-11)8(3)13/h4-5H,1-3H3. The predicted octanol–water partition coefficient (Wildman–Crippen LogP) is 3.69. The van der Waals surface area contributed by atoms with Gasteiger partial charge in [0.05, 0.1) is 10.6 Å². The van der Waals surface area contributed by atoms with Gasteiger partial charge in [0.25, 0.3) is 0 Å². The summed E-state index contributed by atoms with van der Waals surface area (Å²) in [5.74, 6) is 0.100. The highest BCUT2D eigenvalue weighted by Gasteiger charge is 2.13. The first-order valence-electron chi connectivity index (χ1n) is 4.62. The van der Waals surface area contributed by atoms with Crippen LogP contribution in [0, 0.1) is 13.8 Å². The summed E-state index contributed by atoms with van der Waals surface area (Å²) in [6, 6.07) is 2.10. The summed E-state index contributed by atoms with van der Waals surface area (Å²) in [5, 5.41) is 3.03. The largest absolute Gasteiger partial charge is 0.294 e. The van der Waals surface area contributed by atoms with Gasteiger partial charge in [0, 0.05) is 22.7 Å². The molecule has 0 bridgehead atoms. The number of rotatable bonds is 2. The van der Waals surface area contributed by atoms with Crippen LogP contribution >= 0.6 is 22.7 Å². The summed E-state index contributed by atoms with van der Waals surface area (Å²) < 4.78 is 0. The van der Waals surface area contributed by atoms with E-state index in [9.17, 15) is 4.79 Å². The minimum absolute atomic E-state index is 0.100. The van der Waals surface area contributed by atoms with Crippen molar-refractivity contribution in [2.75, 3.05) is 0 Å². The smallest absolute Gasteiger partial charge is 0.171 e. The van der Waals surface area contributed by atoms with Crippen LogP contribution in [0.3, 0.4) is 0 Å². The van der Waals surface area contributed by atoms with E-state index in [1.54, 1.807) is 18.3 Å². The number of aromatic nitrogens is 1. The second-order valence-electron chi connectivity index (χ2n) is 3.44. The lowest BCUT2D eigenvalue weighted by molar-refractivity contribution is 0.102. The molecule has 0 spiro atoms. The fourth-order valence-corrected chi connectivity index (χ4v) is 3.11. The zero-order valence-corrected chi connectivity index (χ0v) is 10.5. The van der Waals surface area contributed by atoms with Crippen molar-refractivity contribution in [3.8, 4) is 10.6 Å². The lowest BCUT2D eigenvalue weighted by atomic mass is 10.3. The normalized spacial score (nSPS) is 10.6. The highest BCUT2D eigenvalue weighted by atomic mass is 32.1. The molecule has 0 saturated carbocycles. The zero-order valence-electron chi connectivity index (χ0n) is 8.83. The Morgan fingerprint density at radius 3 is 2.60 bits per heavy atom. The molecule has 0 fully saturated rings. The number of thiophene rings is 1. The van der Waals surface area contributed by atoms with Gasteiger partial charge in [-0.1, -0.05) is 0 Å². The Morgan fingerprint density at radius 1 is 1.40 bits per heavy atom. The quantitative estimate of drug-likeness (QED) is 0.746. The third kappa shape index (κ3) is 2.01. The summed E-state index contributed by atoms with van der Waals surface area (Å²) in [6.45, 7) is 5.54. The zero-order chi connectivity index (χ0) is 11.0. The first-order valence-corrected chi connectivity index (χ1v) is 6.31. The Morgan fingerprint density at radius 2 is 2.13 bits per heavy atom. The van der Waals surface area contributed by atoms with E-state index in [1.165, 1.54) is 16.2 Å². The maximum atomic E-state index is 11.3. The SMILES string of the molecule is CC(=O)c1sc(-c2csc(C)c2)nc1C. The molecule has 78 valence electrons. The van der Waals surface area contributed by atoms with Crippen LogP contribution in [0.5, 0.6) is 0 Å². The molecule has 0 radical (unpaired) electrons. The number of ketones is 1. The van der Waals surface area contributed by atoms with Crippen LogP contribution in [-0.4, -0.2) is 10.8 Å². The first kappa shape index (κ1) is 10.5. The van der Waals surface area contributed by atoms with Crippen molar-refractivity contribution in [1.82, 2.24) is 4.98 Å². The summed E-state index contributed by atoms with van der Waals surface area (Å²) in [5.41, 5.74) is 1.96. The van der Waals surface area contributed by atoms with Crippen LogP contribution < -0.4 is 0 Å². The van der Waals surface area contributed by atoms with Gasteiger partial charge < -0.3 is 0 Å². The van der Waals surface area contributed by atoms with E-state index in [4.69, 9.17) is 0 Å². The average Bonchev–Trinajstić information content (AvgIpc) is 2.71. The van der Waals surface area contributed by atoms with Crippen LogP contribution in [0.4, 0.5) is 0 Å². The first-order chi connectivity index (χ1) is 7.08. The Bertz CT molecular complexity index is 510. The van der Waals surface area contributed by atoms with Crippen LogP contribution in [0.15, 0.2) is 11.4 Å². The number of hydrogen-bond donors (Lipinski definition) is 0. The Hall–Kier alpha value is -1.00. The second kappa shape index (κ2) is 3.87. The highest BCUT2D eigenvalue weighted by Crippen LogP contribution is 2.31. The number of carbonyl (C=O) groups excluding carboxylic acids is 1. The van der Waals surface area contributed by atoms with Crippen molar-refractivity contribution in [3.63, 3.8) is 0 Å². The molecular weight excluding hydrogens is 226 g/mol. The molecule has 0 aliphatic rings. The van der Waals surface area contributed by atoms with Crippen LogP contribution in [0.25, 0.3) is 10.6 Å². The van der Waals surface area contributed by atoms with Gasteiger partial charge in [0.2, 0.25) is 0 Å². The fourth-order valence-electron chi connectivity index (χ4n) is 1.40. The second-order valence-corrected chi connectivity index (χ2v) is 5.55. The van der Waals surface area contributed by atoms with Gasteiger partial charge in [-0.05, 0) is 19.9 Å². The maximum Gasteiger partial charge on any atom is 0.171 e.